The molecule has 13 nitrogen and oxygen atoms in total. The Morgan fingerprint density at radius 3 is 2.93 bits per heavy atom. The number of hydrogen-bond acceptors (Lipinski definition) is 9. The maximum absolute atomic E-state index is 12.2. The molecule has 1 aromatic rings. The minimum atomic E-state index is -2.14. The van der Waals surface area contributed by atoms with Crippen molar-refractivity contribution in [2.75, 3.05) is 18.5 Å². The van der Waals surface area contributed by atoms with Gasteiger partial charge in [0.2, 0.25) is 5.72 Å². The van der Waals surface area contributed by atoms with Crippen molar-refractivity contribution in [3.8, 4) is 0 Å². The number of unbranched alkanes of at least 4 members (excludes halogenated alkanes) is 1. The van der Waals surface area contributed by atoms with E-state index in [9.17, 15) is 24.9 Å². The zero-order valence-corrected chi connectivity index (χ0v) is 14.4. The summed E-state index contributed by atoms with van der Waals surface area (Å²) in [4.78, 5) is 29.9. The van der Waals surface area contributed by atoms with E-state index in [1.54, 1.807) is 0 Å². The molecule has 0 bridgehead atoms. The summed E-state index contributed by atoms with van der Waals surface area (Å²) in [5, 5.41) is 35.0. The zero-order valence-electron chi connectivity index (χ0n) is 14.4. The van der Waals surface area contributed by atoms with E-state index in [-0.39, 0.29) is 12.4 Å². The number of carbonyl (C=O) groups is 1. The van der Waals surface area contributed by atoms with Crippen LogP contribution in [0.3, 0.4) is 0 Å². The fraction of sp³-hybridized carbons (Fsp3) is 0.643. The SMILES string of the molecule is CCCCOC(=O)Nc1ccn([C@@H]2O[C@@](CO)(N=[N+]=[N-])[C@@H](O)[C@H]2O)c(=O)n1. The third kappa shape index (κ3) is 4.35. The van der Waals surface area contributed by atoms with Crippen molar-refractivity contribution >= 4 is 11.9 Å². The third-order valence-electron chi connectivity index (χ3n) is 3.91. The summed E-state index contributed by atoms with van der Waals surface area (Å²) in [5.41, 5.74) is 5.51. The first-order valence-electron chi connectivity index (χ1n) is 8.12. The van der Waals surface area contributed by atoms with Gasteiger partial charge in [-0.25, -0.2) is 9.59 Å². The van der Waals surface area contributed by atoms with Crippen LogP contribution in [0.15, 0.2) is 22.2 Å². The Morgan fingerprint density at radius 2 is 2.33 bits per heavy atom. The van der Waals surface area contributed by atoms with Gasteiger partial charge >= 0.3 is 11.8 Å². The molecule has 148 valence electrons. The van der Waals surface area contributed by atoms with Gasteiger partial charge in [0.1, 0.15) is 18.0 Å². The van der Waals surface area contributed by atoms with Crippen LogP contribution in [0.25, 0.3) is 10.4 Å². The number of nitrogens with one attached hydrogen (secondary N) is 1. The number of azide groups is 1. The molecule has 0 saturated carbocycles. The average molecular weight is 384 g/mol. The molecule has 1 aliphatic rings. The van der Waals surface area contributed by atoms with Crippen molar-refractivity contribution in [3.05, 3.63) is 33.2 Å². The molecule has 2 heterocycles. The number of anilines is 1. The van der Waals surface area contributed by atoms with E-state index in [1.807, 2.05) is 6.92 Å². The summed E-state index contributed by atoms with van der Waals surface area (Å²) >= 11 is 0. The van der Waals surface area contributed by atoms with Crippen LogP contribution in [0.4, 0.5) is 10.6 Å². The van der Waals surface area contributed by atoms with Crippen LogP contribution in [-0.2, 0) is 9.47 Å². The van der Waals surface area contributed by atoms with Crippen LogP contribution in [0.2, 0.25) is 0 Å². The standard InChI is InChI=1S/C14H20N6O7/c1-2-3-6-26-13(25)17-8-4-5-20(12(24)16-8)11-9(22)10(23)14(7-21,27-11)18-19-15/h4-5,9-11,21-23H,2-3,6-7H2,1H3,(H,16,17,24,25)/t9-,10+,11-,14-/m1/s1. The summed E-state index contributed by atoms with van der Waals surface area (Å²) < 4.78 is 11.0. The largest absolute Gasteiger partial charge is 0.449 e. The van der Waals surface area contributed by atoms with Crippen LogP contribution >= 0.6 is 0 Å². The normalized spacial score (nSPS) is 27.0. The lowest BCUT2D eigenvalue weighted by Crippen LogP contribution is -2.44. The Bertz CT molecular complexity index is 779. The molecule has 2 rings (SSSR count). The van der Waals surface area contributed by atoms with Gasteiger partial charge in [-0.2, -0.15) is 4.98 Å². The second-order valence-electron chi connectivity index (χ2n) is 5.75. The van der Waals surface area contributed by atoms with Crippen LogP contribution < -0.4 is 11.0 Å². The average Bonchev–Trinajstić information content (AvgIpc) is 2.88. The highest BCUT2D eigenvalue weighted by Gasteiger charge is 2.54. The van der Waals surface area contributed by atoms with Crippen molar-refractivity contribution in [3.63, 3.8) is 0 Å². The van der Waals surface area contributed by atoms with Gasteiger partial charge in [-0.1, -0.05) is 18.5 Å². The molecule has 1 amide bonds. The van der Waals surface area contributed by atoms with Crippen LogP contribution in [0, 0.1) is 0 Å². The highest BCUT2D eigenvalue weighted by molar-refractivity contribution is 5.83. The molecule has 0 aliphatic carbocycles. The quantitative estimate of drug-likeness (QED) is 0.215. The molecule has 0 aromatic carbocycles. The summed E-state index contributed by atoms with van der Waals surface area (Å²) in [6.07, 6.45) is -3.00. The van der Waals surface area contributed by atoms with Gasteiger partial charge in [0.25, 0.3) is 0 Å². The number of aromatic nitrogens is 2. The van der Waals surface area contributed by atoms with E-state index in [0.717, 1.165) is 17.2 Å². The van der Waals surface area contributed by atoms with E-state index in [1.165, 1.54) is 6.07 Å². The maximum Gasteiger partial charge on any atom is 0.412 e. The topological polar surface area (TPSA) is 192 Å². The second-order valence-corrected chi connectivity index (χ2v) is 5.75. The van der Waals surface area contributed by atoms with Gasteiger partial charge in [0, 0.05) is 11.1 Å². The van der Waals surface area contributed by atoms with Crippen LogP contribution in [-0.4, -0.2) is 62.1 Å². The number of carbonyl (C=O) groups excluding carboxylic acids is 1. The number of rotatable bonds is 7. The number of aliphatic hydroxyl groups is 3. The Hall–Kier alpha value is -2.70. The smallest absolute Gasteiger partial charge is 0.412 e. The van der Waals surface area contributed by atoms with E-state index in [2.05, 4.69) is 20.3 Å². The lowest BCUT2D eigenvalue weighted by molar-refractivity contribution is -0.125. The van der Waals surface area contributed by atoms with Gasteiger partial charge in [-0.05, 0) is 18.0 Å². The van der Waals surface area contributed by atoms with Gasteiger partial charge in [0.05, 0.1) is 13.2 Å². The Balaban J connectivity index is 2.17. The lowest BCUT2D eigenvalue weighted by atomic mass is 10.1. The molecule has 1 aromatic heterocycles. The fourth-order valence-electron chi connectivity index (χ4n) is 2.44. The first kappa shape index (κ1) is 20.6. The summed E-state index contributed by atoms with van der Waals surface area (Å²) in [7, 11) is 0. The fourth-order valence-corrected chi connectivity index (χ4v) is 2.44. The van der Waals surface area contributed by atoms with Crippen molar-refractivity contribution in [1.29, 1.82) is 0 Å². The van der Waals surface area contributed by atoms with Gasteiger partial charge in [-0.15, -0.1) is 0 Å². The Morgan fingerprint density at radius 1 is 1.59 bits per heavy atom. The molecule has 1 fully saturated rings. The van der Waals surface area contributed by atoms with E-state index in [4.69, 9.17) is 15.0 Å². The molecule has 4 N–H and O–H groups in total. The maximum atomic E-state index is 12.2. The predicted octanol–water partition coefficient (Wildman–Crippen LogP) is -0.159. The van der Waals surface area contributed by atoms with Crippen LogP contribution in [0.1, 0.15) is 26.0 Å². The monoisotopic (exact) mass is 384 g/mol. The van der Waals surface area contributed by atoms with E-state index in [0.29, 0.717) is 6.42 Å². The van der Waals surface area contributed by atoms with Gasteiger partial charge in [-0.3, -0.25) is 9.88 Å². The molecular formula is C14H20N6O7. The summed E-state index contributed by atoms with van der Waals surface area (Å²) in [6, 6.07) is 1.25. The second kappa shape index (κ2) is 8.79. The number of hydrogen-bond donors (Lipinski definition) is 4. The first-order valence-corrected chi connectivity index (χ1v) is 8.12. The van der Waals surface area contributed by atoms with Crippen molar-refractivity contribution in [1.82, 2.24) is 9.55 Å². The molecule has 27 heavy (non-hydrogen) atoms. The zero-order chi connectivity index (χ0) is 20.0. The number of ether oxygens (including phenoxy) is 2. The molecule has 0 unspecified atom stereocenters. The molecule has 4 atom stereocenters. The van der Waals surface area contributed by atoms with Crippen molar-refractivity contribution in [2.24, 2.45) is 5.11 Å². The highest BCUT2D eigenvalue weighted by Crippen LogP contribution is 2.37. The van der Waals surface area contributed by atoms with E-state index < -0.39 is 42.6 Å². The van der Waals surface area contributed by atoms with Crippen molar-refractivity contribution in [2.45, 2.75) is 43.9 Å². The lowest BCUT2D eigenvalue weighted by Gasteiger charge is -2.23. The third-order valence-corrected chi connectivity index (χ3v) is 3.91. The van der Waals surface area contributed by atoms with Crippen LogP contribution in [0.5, 0.6) is 0 Å². The number of nitrogens with zero attached hydrogens (tertiary/aromatic N) is 5. The molecule has 1 saturated heterocycles. The molecule has 13 heteroatoms. The first-order chi connectivity index (χ1) is 12.9. The molecule has 0 radical (unpaired) electrons. The number of aliphatic hydroxyl groups excluding tert-OH is 3. The Labute approximate surface area is 152 Å². The molecular weight excluding hydrogens is 364 g/mol. The summed E-state index contributed by atoms with van der Waals surface area (Å²) in [6.45, 7) is 1.24. The minimum absolute atomic E-state index is 0.0887. The summed E-state index contributed by atoms with van der Waals surface area (Å²) in [5.74, 6) is -0.0887. The van der Waals surface area contributed by atoms with Gasteiger partial charge < -0.3 is 24.8 Å². The van der Waals surface area contributed by atoms with E-state index >= 15 is 0 Å². The molecule has 1 aliphatic heterocycles. The Kier molecular flexibility index (Phi) is 6.71. The predicted molar refractivity (Wildman–Crippen MR) is 89.5 cm³/mol. The minimum Gasteiger partial charge on any atom is -0.449 e. The number of amides is 1. The highest BCUT2D eigenvalue weighted by atomic mass is 16.6. The van der Waals surface area contributed by atoms with Gasteiger partial charge in [0.15, 0.2) is 6.23 Å². The van der Waals surface area contributed by atoms with Crippen molar-refractivity contribution < 1.29 is 29.6 Å². The molecule has 0 spiro atoms.